The lowest BCUT2D eigenvalue weighted by Gasteiger charge is -2.34. The van der Waals surface area contributed by atoms with Crippen molar-refractivity contribution >= 4 is 5.97 Å². The molecular weight excluding hydrogens is 192 g/mol. The quantitative estimate of drug-likeness (QED) is 0.679. The van der Waals surface area contributed by atoms with E-state index in [-0.39, 0.29) is 11.5 Å². The van der Waals surface area contributed by atoms with E-state index >= 15 is 0 Å². The highest BCUT2D eigenvalue weighted by Gasteiger charge is 2.30. The van der Waals surface area contributed by atoms with Crippen LogP contribution in [-0.2, 0) is 9.63 Å². The van der Waals surface area contributed by atoms with Crippen LogP contribution in [0.15, 0.2) is 0 Å². The topological polar surface area (TPSA) is 50.4 Å². The van der Waals surface area contributed by atoms with Crippen LogP contribution in [0.5, 0.6) is 0 Å². The number of piperidine rings is 1. The minimum absolute atomic E-state index is 0.0772. The van der Waals surface area contributed by atoms with Crippen molar-refractivity contribution in [3.63, 3.8) is 0 Å². The molecule has 1 fully saturated rings. The molecular formula is C11H22N2O2. The van der Waals surface area contributed by atoms with Crippen molar-refractivity contribution in [2.45, 2.75) is 46.1 Å². The highest BCUT2D eigenvalue weighted by Crippen LogP contribution is 2.19. The molecule has 0 atom stereocenters. The van der Waals surface area contributed by atoms with Gasteiger partial charge in [0.2, 0.25) is 0 Å². The first-order valence-electron chi connectivity index (χ1n) is 5.53. The van der Waals surface area contributed by atoms with Gasteiger partial charge in [-0.05, 0) is 53.6 Å². The second-order valence-corrected chi connectivity index (χ2v) is 5.55. The fraction of sp³-hybridized carbons (Fsp3) is 0.909. The van der Waals surface area contributed by atoms with Crippen molar-refractivity contribution in [3.05, 3.63) is 0 Å². The van der Waals surface area contributed by atoms with Gasteiger partial charge >= 0.3 is 5.97 Å². The fourth-order valence-corrected chi connectivity index (χ4v) is 1.40. The van der Waals surface area contributed by atoms with Crippen molar-refractivity contribution in [1.29, 1.82) is 0 Å². The molecule has 0 radical (unpaired) electrons. The maximum absolute atomic E-state index is 11.5. The van der Waals surface area contributed by atoms with Gasteiger partial charge in [0.05, 0.1) is 11.0 Å². The van der Waals surface area contributed by atoms with Crippen molar-refractivity contribution in [2.24, 2.45) is 5.41 Å². The smallest absolute Gasteiger partial charge is 0.330 e. The van der Waals surface area contributed by atoms with Crippen molar-refractivity contribution in [1.82, 2.24) is 10.8 Å². The van der Waals surface area contributed by atoms with Gasteiger partial charge in [-0.1, -0.05) is 0 Å². The monoisotopic (exact) mass is 214 g/mol. The summed E-state index contributed by atoms with van der Waals surface area (Å²) in [6, 6.07) is 0. The first-order valence-corrected chi connectivity index (χ1v) is 5.53. The van der Waals surface area contributed by atoms with Gasteiger partial charge in [0.25, 0.3) is 0 Å². The van der Waals surface area contributed by atoms with Crippen molar-refractivity contribution in [2.75, 3.05) is 13.1 Å². The summed E-state index contributed by atoms with van der Waals surface area (Å²) >= 11 is 0. The van der Waals surface area contributed by atoms with E-state index in [4.69, 9.17) is 4.84 Å². The molecule has 2 N–H and O–H groups in total. The van der Waals surface area contributed by atoms with Crippen LogP contribution < -0.4 is 10.8 Å². The minimum Gasteiger partial charge on any atom is -0.370 e. The molecule has 1 rings (SSSR count). The first-order chi connectivity index (χ1) is 6.83. The van der Waals surface area contributed by atoms with Crippen molar-refractivity contribution < 1.29 is 9.63 Å². The lowest BCUT2D eigenvalue weighted by Crippen LogP contribution is -2.51. The Kier molecular flexibility index (Phi) is 3.73. The summed E-state index contributed by atoms with van der Waals surface area (Å²) in [5, 5.41) is 3.28. The standard InChI is InChI=1S/C11H22N2O2/c1-10(2,3)9(14)15-13-11(4)5-7-12-8-6-11/h12-13H,5-8H2,1-4H3. The summed E-state index contributed by atoms with van der Waals surface area (Å²) in [6.45, 7) is 9.57. The number of carbonyl (C=O) groups excluding carboxylic acids is 1. The van der Waals surface area contributed by atoms with Crippen molar-refractivity contribution in [3.8, 4) is 0 Å². The summed E-state index contributed by atoms with van der Waals surface area (Å²) in [6.07, 6.45) is 1.95. The van der Waals surface area contributed by atoms with E-state index in [0.717, 1.165) is 25.9 Å². The molecule has 15 heavy (non-hydrogen) atoms. The van der Waals surface area contributed by atoms with E-state index in [1.807, 2.05) is 20.8 Å². The summed E-state index contributed by atoms with van der Waals surface area (Å²) in [7, 11) is 0. The molecule has 0 unspecified atom stereocenters. The Morgan fingerprint density at radius 1 is 1.33 bits per heavy atom. The normalized spacial score (nSPS) is 21.1. The van der Waals surface area contributed by atoms with Gasteiger partial charge in [-0.2, -0.15) is 0 Å². The number of rotatable bonds is 2. The number of hydrogen-bond donors (Lipinski definition) is 2. The van der Waals surface area contributed by atoms with Gasteiger partial charge in [-0.25, -0.2) is 4.79 Å². The zero-order valence-electron chi connectivity index (χ0n) is 10.1. The van der Waals surface area contributed by atoms with Gasteiger partial charge in [-0.3, -0.25) is 0 Å². The number of carbonyl (C=O) groups is 1. The molecule has 4 nitrogen and oxygen atoms in total. The molecule has 0 aromatic heterocycles. The molecule has 88 valence electrons. The zero-order chi connectivity index (χ0) is 11.5. The molecule has 0 aliphatic carbocycles. The maximum Gasteiger partial charge on any atom is 0.330 e. The third kappa shape index (κ3) is 3.80. The van der Waals surface area contributed by atoms with E-state index in [9.17, 15) is 4.79 Å². The molecule has 1 aliphatic rings. The summed E-state index contributed by atoms with van der Waals surface area (Å²) in [4.78, 5) is 16.7. The van der Waals surface area contributed by atoms with Gasteiger partial charge < -0.3 is 10.2 Å². The Bertz CT molecular complexity index is 227. The van der Waals surface area contributed by atoms with E-state index in [1.54, 1.807) is 0 Å². The van der Waals surface area contributed by atoms with Gasteiger partial charge in [0.1, 0.15) is 0 Å². The van der Waals surface area contributed by atoms with E-state index in [2.05, 4.69) is 17.7 Å². The zero-order valence-corrected chi connectivity index (χ0v) is 10.1. The van der Waals surface area contributed by atoms with Crippen LogP contribution in [0.2, 0.25) is 0 Å². The van der Waals surface area contributed by atoms with Gasteiger partial charge in [0.15, 0.2) is 0 Å². The molecule has 0 amide bonds. The van der Waals surface area contributed by atoms with E-state index < -0.39 is 5.41 Å². The molecule has 1 heterocycles. The molecule has 4 heteroatoms. The largest absolute Gasteiger partial charge is 0.370 e. The average molecular weight is 214 g/mol. The minimum atomic E-state index is -0.448. The SMILES string of the molecule is CC1(NOC(=O)C(C)(C)C)CCNCC1. The third-order valence-corrected chi connectivity index (χ3v) is 2.71. The Morgan fingerprint density at radius 2 is 1.87 bits per heavy atom. The third-order valence-electron chi connectivity index (χ3n) is 2.71. The predicted octanol–water partition coefficient (Wildman–Crippen LogP) is 1.22. The summed E-state index contributed by atoms with van der Waals surface area (Å²) in [5.41, 5.74) is 2.39. The molecule has 0 aromatic rings. The Balaban J connectivity index is 2.38. The lowest BCUT2D eigenvalue weighted by atomic mass is 9.92. The van der Waals surface area contributed by atoms with Crippen LogP contribution in [0.4, 0.5) is 0 Å². The fourth-order valence-electron chi connectivity index (χ4n) is 1.40. The number of hydroxylamine groups is 1. The van der Waals surface area contributed by atoms with Crippen LogP contribution in [0.1, 0.15) is 40.5 Å². The summed E-state index contributed by atoms with van der Waals surface area (Å²) in [5.74, 6) is -0.206. The second-order valence-electron chi connectivity index (χ2n) is 5.55. The molecule has 1 aliphatic heterocycles. The van der Waals surface area contributed by atoms with E-state index in [0.29, 0.717) is 0 Å². The number of hydrogen-bond acceptors (Lipinski definition) is 4. The lowest BCUT2D eigenvalue weighted by molar-refractivity contribution is -0.166. The maximum atomic E-state index is 11.5. The van der Waals surface area contributed by atoms with Gasteiger partial charge in [-0.15, -0.1) is 5.48 Å². The Labute approximate surface area is 91.7 Å². The molecule has 0 saturated carbocycles. The molecule has 0 spiro atoms. The Hall–Kier alpha value is -0.610. The second kappa shape index (κ2) is 4.49. The molecule has 0 aromatic carbocycles. The highest BCUT2D eigenvalue weighted by atomic mass is 16.7. The van der Waals surface area contributed by atoms with Gasteiger partial charge in [0, 0.05) is 0 Å². The summed E-state index contributed by atoms with van der Waals surface area (Å²) < 4.78 is 0. The average Bonchev–Trinajstić information content (AvgIpc) is 2.14. The highest BCUT2D eigenvalue weighted by molar-refractivity contribution is 5.75. The first kappa shape index (κ1) is 12.5. The number of nitrogens with one attached hydrogen (secondary N) is 2. The predicted molar refractivity (Wildman–Crippen MR) is 59.2 cm³/mol. The van der Waals surface area contributed by atoms with Crippen LogP contribution >= 0.6 is 0 Å². The van der Waals surface area contributed by atoms with E-state index in [1.165, 1.54) is 0 Å². The van der Waals surface area contributed by atoms with Crippen LogP contribution in [-0.4, -0.2) is 24.6 Å². The molecule has 1 saturated heterocycles. The van der Waals surface area contributed by atoms with Crippen LogP contribution in [0, 0.1) is 5.41 Å². The van der Waals surface area contributed by atoms with Crippen LogP contribution in [0.3, 0.4) is 0 Å². The Morgan fingerprint density at radius 3 is 2.33 bits per heavy atom. The van der Waals surface area contributed by atoms with Crippen LogP contribution in [0.25, 0.3) is 0 Å². The molecule has 0 bridgehead atoms.